The van der Waals surface area contributed by atoms with Crippen molar-refractivity contribution in [2.45, 2.75) is 6.54 Å². The SMILES string of the molecule is O=C(NCc1ccncc1)c1cnn2c(-c3ccc(-c4ccccc4)cc3)ccnc12. The number of carbonyl (C=O) groups is 1. The largest absolute Gasteiger partial charge is 0.348 e. The fourth-order valence-corrected chi connectivity index (χ4v) is 3.51. The van der Waals surface area contributed by atoms with E-state index in [1.165, 1.54) is 5.56 Å². The van der Waals surface area contributed by atoms with E-state index >= 15 is 0 Å². The zero-order valence-corrected chi connectivity index (χ0v) is 16.6. The van der Waals surface area contributed by atoms with Gasteiger partial charge in [-0.1, -0.05) is 54.6 Å². The highest BCUT2D eigenvalue weighted by Crippen LogP contribution is 2.25. The number of aromatic nitrogens is 4. The number of carbonyl (C=O) groups excluding carboxylic acids is 1. The Morgan fingerprint density at radius 3 is 2.29 bits per heavy atom. The normalized spacial score (nSPS) is 10.8. The van der Waals surface area contributed by atoms with Gasteiger partial charge >= 0.3 is 0 Å². The molecule has 1 amide bonds. The van der Waals surface area contributed by atoms with Crippen LogP contribution in [-0.4, -0.2) is 25.5 Å². The number of hydrogen-bond acceptors (Lipinski definition) is 4. The molecule has 150 valence electrons. The van der Waals surface area contributed by atoms with Crippen LogP contribution in [0.3, 0.4) is 0 Å². The average Bonchev–Trinajstić information content (AvgIpc) is 3.28. The fraction of sp³-hybridized carbons (Fsp3) is 0.0400. The van der Waals surface area contributed by atoms with Crippen molar-refractivity contribution in [1.82, 2.24) is 24.9 Å². The molecule has 0 fully saturated rings. The Morgan fingerprint density at radius 1 is 0.806 bits per heavy atom. The Morgan fingerprint density at radius 2 is 1.52 bits per heavy atom. The maximum absolute atomic E-state index is 12.7. The number of fused-ring (bicyclic) bond motifs is 1. The van der Waals surface area contributed by atoms with Gasteiger partial charge in [0.1, 0.15) is 5.56 Å². The van der Waals surface area contributed by atoms with Gasteiger partial charge in [0, 0.05) is 30.7 Å². The van der Waals surface area contributed by atoms with Crippen molar-refractivity contribution in [3.63, 3.8) is 0 Å². The van der Waals surface area contributed by atoms with E-state index in [0.717, 1.165) is 22.4 Å². The lowest BCUT2D eigenvalue weighted by molar-refractivity contribution is 0.0952. The van der Waals surface area contributed by atoms with Crippen LogP contribution in [0.4, 0.5) is 0 Å². The van der Waals surface area contributed by atoms with Gasteiger partial charge in [-0.25, -0.2) is 9.50 Å². The van der Waals surface area contributed by atoms with Crippen LogP contribution in [0.25, 0.3) is 28.0 Å². The fourth-order valence-electron chi connectivity index (χ4n) is 3.51. The zero-order chi connectivity index (χ0) is 21.0. The number of amides is 1. The zero-order valence-electron chi connectivity index (χ0n) is 16.6. The molecule has 3 heterocycles. The molecule has 6 nitrogen and oxygen atoms in total. The van der Waals surface area contributed by atoms with Crippen LogP contribution < -0.4 is 5.32 Å². The van der Waals surface area contributed by atoms with E-state index in [9.17, 15) is 4.79 Å². The standard InChI is InChI=1S/C25H19N5O/c31-25(28-16-18-10-13-26-14-11-18)22-17-29-30-23(12-15-27-24(22)30)21-8-6-20(7-9-21)19-4-2-1-3-5-19/h1-15,17H,16H2,(H,28,31). The van der Waals surface area contributed by atoms with Crippen molar-refractivity contribution in [2.75, 3.05) is 0 Å². The van der Waals surface area contributed by atoms with E-state index in [2.05, 4.69) is 56.8 Å². The van der Waals surface area contributed by atoms with Crippen molar-refractivity contribution >= 4 is 11.6 Å². The monoisotopic (exact) mass is 405 g/mol. The van der Waals surface area contributed by atoms with Crippen LogP contribution in [-0.2, 0) is 6.54 Å². The molecule has 0 aliphatic rings. The van der Waals surface area contributed by atoms with Gasteiger partial charge in [-0.2, -0.15) is 5.10 Å². The summed E-state index contributed by atoms with van der Waals surface area (Å²) in [7, 11) is 0. The second-order valence-corrected chi connectivity index (χ2v) is 7.11. The summed E-state index contributed by atoms with van der Waals surface area (Å²) in [5.74, 6) is -0.212. The molecule has 2 aromatic carbocycles. The summed E-state index contributed by atoms with van der Waals surface area (Å²) < 4.78 is 1.71. The number of rotatable bonds is 5. The molecule has 0 atom stereocenters. The molecular weight excluding hydrogens is 386 g/mol. The molecule has 0 radical (unpaired) electrons. The Kier molecular flexibility index (Phi) is 4.94. The highest BCUT2D eigenvalue weighted by molar-refractivity contribution is 5.99. The lowest BCUT2D eigenvalue weighted by atomic mass is 10.0. The van der Waals surface area contributed by atoms with Gasteiger partial charge < -0.3 is 5.32 Å². The minimum absolute atomic E-state index is 0.212. The number of hydrogen-bond donors (Lipinski definition) is 1. The predicted octanol–water partition coefficient (Wildman–Crippen LogP) is 4.39. The van der Waals surface area contributed by atoms with E-state index in [1.54, 1.807) is 29.3 Å². The third kappa shape index (κ3) is 3.79. The Bertz CT molecular complexity index is 1330. The number of nitrogens with one attached hydrogen (secondary N) is 1. The quantitative estimate of drug-likeness (QED) is 0.471. The smallest absolute Gasteiger partial charge is 0.257 e. The Balaban J connectivity index is 1.42. The third-order valence-corrected chi connectivity index (χ3v) is 5.14. The summed E-state index contributed by atoms with van der Waals surface area (Å²) in [4.78, 5) is 21.1. The average molecular weight is 405 g/mol. The molecule has 0 bridgehead atoms. The second-order valence-electron chi connectivity index (χ2n) is 7.11. The highest BCUT2D eigenvalue weighted by atomic mass is 16.1. The van der Waals surface area contributed by atoms with Crippen molar-refractivity contribution in [3.05, 3.63) is 109 Å². The maximum atomic E-state index is 12.7. The molecule has 31 heavy (non-hydrogen) atoms. The first-order valence-corrected chi connectivity index (χ1v) is 9.95. The maximum Gasteiger partial charge on any atom is 0.257 e. The highest BCUT2D eigenvalue weighted by Gasteiger charge is 2.16. The summed E-state index contributed by atoms with van der Waals surface area (Å²) in [5.41, 5.74) is 6.13. The number of benzene rings is 2. The Hall–Kier alpha value is -4.32. The van der Waals surface area contributed by atoms with Crippen LogP contribution in [0.1, 0.15) is 15.9 Å². The molecule has 0 unspecified atom stereocenters. The van der Waals surface area contributed by atoms with E-state index in [0.29, 0.717) is 17.8 Å². The topological polar surface area (TPSA) is 72.2 Å². The van der Waals surface area contributed by atoms with Crippen LogP contribution in [0.15, 0.2) is 97.6 Å². The van der Waals surface area contributed by atoms with E-state index in [4.69, 9.17) is 0 Å². The van der Waals surface area contributed by atoms with Gasteiger partial charge in [0.05, 0.1) is 11.9 Å². The second kappa shape index (κ2) is 8.20. The van der Waals surface area contributed by atoms with Crippen molar-refractivity contribution in [3.8, 4) is 22.4 Å². The Labute approximate surface area is 179 Å². The first-order chi connectivity index (χ1) is 15.3. The molecule has 0 saturated heterocycles. The molecule has 0 saturated carbocycles. The minimum atomic E-state index is -0.212. The molecule has 0 aliphatic carbocycles. The predicted molar refractivity (Wildman–Crippen MR) is 119 cm³/mol. The molecule has 3 aromatic heterocycles. The van der Waals surface area contributed by atoms with Gasteiger partial charge in [0.2, 0.25) is 0 Å². The molecule has 1 N–H and O–H groups in total. The van der Waals surface area contributed by atoms with Crippen LogP contribution in [0.2, 0.25) is 0 Å². The molecule has 0 aliphatic heterocycles. The summed E-state index contributed by atoms with van der Waals surface area (Å²) in [6.07, 6.45) is 6.67. The third-order valence-electron chi connectivity index (χ3n) is 5.14. The van der Waals surface area contributed by atoms with Gasteiger partial charge in [-0.3, -0.25) is 9.78 Å². The number of pyridine rings is 1. The van der Waals surface area contributed by atoms with Crippen LogP contribution >= 0.6 is 0 Å². The van der Waals surface area contributed by atoms with Gasteiger partial charge in [0.15, 0.2) is 5.65 Å². The molecule has 6 heteroatoms. The summed E-state index contributed by atoms with van der Waals surface area (Å²) in [5, 5.41) is 7.35. The van der Waals surface area contributed by atoms with Crippen molar-refractivity contribution in [2.24, 2.45) is 0 Å². The van der Waals surface area contributed by atoms with Gasteiger partial charge in [-0.05, 0) is 34.9 Å². The molecule has 5 rings (SSSR count). The lowest BCUT2D eigenvalue weighted by Crippen LogP contribution is -2.22. The van der Waals surface area contributed by atoms with E-state index < -0.39 is 0 Å². The van der Waals surface area contributed by atoms with Crippen LogP contribution in [0, 0.1) is 0 Å². The first-order valence-electron chi connectivity index (χ1n) is 9.95. The first kappa shape index (κ1) is 18.7. The summed E-state index contributed by atoms with van der Waals surface area (Å²) in [6, 6.07) is 24.2. The van der Waals surface area contributed by atoms with E-state index in [1.807, 2.05) is 36.4 Å². The summed E-state index contributed by atoms with van der Waals surface area (Å²) in [6.45, 7) is 0.416. The van der Waals surface area contributed by atoms with Crippen molar-refractivity contribution < 1.29 is 4.79 Å². The minimum Gasteiger partial charge on any atom is -0.348 e. The number of nitrogens with zero attached hydrogens (tertiary/aromatic N) is 4. The molecular formula is C25H19N5O. The van der Waals surface area contributed by atoms with Crippen LogP contribution in [0.5, 0.6) is 0 Å². The molecule has 5 aromatic rings. The van der Waals surface area contributed by atoms with Gasteiger partial charge in [0.25, 0.3) is 5.91 Å². The lowest BCUT2D eigenvalue weighted by Gasteiger charge is -2.07. The summed E-state index contributed by atoms with van der Waals surface area (Å²) >= 11 is 0. The van der Waals surface area contributed by atoms with Gasteiger partial charge in [-0.15, -0.1) is 0 Å². The molecule has 0 spiro atoms. The van der Waals surface area contributed by atoms with Crippen molar-refractivity contribution in [1.29, 1.82) is 0 Å². The van der Waals surface area contributed by atoms with E-state index in [-0.39, 0.29) is 5.91 Å².